The Hall–Kier alpha value is -3.46. The summed E-state index contributed by atoms with van der Waals surface area (Å²) in [6.45, 7) is 14.0. The number of para-hydroxylation sites is 1. The van der Waals surface area contributed by atoms with Crippen LogP contribution >= 0.6 is 11.6 Å². The molecule has 5 rings (SSSR count). The molecule has 0 radical (unpaired) electrons. The number of aliphatic hydroxyl groups excluding tert-OH is 1. The summed E-state index contributed by atoms with van der Waals surface area (Å²) in [5, 5.41) is 10.8. The number of ether oxygens (including phenoxy) is 1. The first-order valence-corrected chi connectivity index (χ1v) is 15.7. The number of nitrogens with zero attached hydrogens (tertiary/aromatic N) is 3. The number of carbonyl (C=O) groups is 3. The quantitative estimate of drug-likeness (QED) is 0.343. The second-order valence-corrected chi connectivity index (χ2v) is 12.8. The van der Waals surface area contributed by atoms with Crippen LogP contribution in [0.4, 0.5) is 5.69 Å². The number of hydrogen-bond acceptors (Lipinski definition) is 5. The van der Waals surface area contributed by atoms with Gasteiger partial charge in [0.1, 0.15) is 11.6 Å². The van der Waals surface area contributed by atoms with Crippen LogP contribution < -0.4 is 4.90 Å². The van der Waals surface area contributed by atoms with E-state index in [1.54, 1.807) is 41.3 Å². The van der Waals surface area contributed by atoms with Crippen molar-refractivity contribution in [3.8, 4) is 0 Å². The first-order chi connectivity index (χ1) is 21.1. The van der Waals surface area contributed by atoms with Gasteiger partial charge in [-0.1, -0.05) is 80.1 Å². The molecule has 0 aliphatic carbocycles. The highest BCUT2D eigenvalue weighted by Gasteiger charge is 2.80. The number of aliphatic hydroxyl groups is 1. The smallest absolute Gasteiger partial charge is 0.253 e. The molecule has 2 bridgehead atoms. The molecule has 44 heavy (non-hydrogen) atoms. The normalized spacial score (nSPS) is 29.3. The van der Waals surface area contributed by atoms with E-state index in [4.69, 9.17) is 16.3 Å². The minimum Gasteiger partial charge on any atom is -0.394 e. The molecule has 0 aromatic heterocycles. The first-order valence-electron chi connectivity index (χ1n) is 15.3. The highest BCUT2D eigenvalue weighted by atomic mass is 35.5. The molecule has 8 nitrogen and oxygen atoms in total. The summed E-state index contributed by atoms with van der Waals surface area (Å²) in [6.07, 6.45) is 4.13. The lowest BCUT2D eigenvalue weighted by Gasteiger charge is -2.39. The van der Waals surface area contributed by atoms with E-state index in [0.29, 0.717) is 36.6 Å². The molecule has 3 aliphatic heterocycles. The maximum atomic E-state index is 14.8. The molecule has 2 aromatic rings. The summed E-state index contributed by atoms with van der Waals surface area (Å²) < 4.78 is 6.94. The van der Waals surface area contributed by atoms with Gasteiger partial charge in [-0.05, 0) is 43.4 Å². The van der Waals surface area contributed by atoms with Crippen molar-refractivity contribution in [2.24, 2.45) is 17.8 Å². The molecule has 3 saturated heterocycles. The molecular weight excluding hydrogens is 578 g/mol. The molecule has 3 unspecified atom stereocenters. The maximum absolute atomic E-state index is 14.8. The molecule has 3 amide bonds. The van der Waals surface area contributed by atoms with E-state index in [2.05, 4.69) is 13.2 Å². The Morgan fingerprint density at radius 1 is 1.11 bits per heavy atom. The number of hydrogen-bond donors (Lipinski definition) is 1. The number of fused-ring (bicyclic) bond motifs is 1. The molecule has 3 heterocycles. The Balaban J connectivity index is 1.63. The summed E-state index contributed by atoms with van der Waals surface area (Å²) in [4.78, 5) is 48.8. The highest BCUT2D eigenvalue weighted by Crippen LogP contribution is 2.66. The van der Waals surface area contributed by atoms with Crippen molar-refractivity contribution in [3.63, 3.8) is 0 Å². The van der Waals surface area contributed by atoms with Crippen molar-refractivity contribution in [2.75, 3.05) is 24.6 Å². The molecule has 1 N–H and O–H groups in total. The van der Waals surface area contributed by atoms with E-state index in [1.807, 2.05) is 51.1 Å². The Labute approximate surface area is 264 Å². The zero-order valence-electron chi connectivity index (χ0n) is 25.7. The highest BCUT2D eigenvalue weighted by molar-refractivity contribution is 6.34. The third-order valence-electron chi connectivity index (χ3n) is 9.93. The average molecular weight is 620 g/mol. The fraction of sp³-hybridized carbons (Fsp3) is 0.457. The van der Waals surface area contributed by atoms with Gasteiger partial charge in [0.25, 0.3) is 5.91 Å². The lowest BCUT2D eigenvalue weighted by atomic mass is 9.62. The van der Waals surface area contributed by atoms with Gasteiger partial charge in [-0.15, -0.1) is 13.2 Å². The van der Waals surface area contributed by atoms with Crippen LogP contribution in [0.1, 0.15) is 39.2 Å². The second kappa shape index (κ2) is 12.5. The van der Waals surface area contributed by atoms with E-state index >= 15 is 0 Å². The molecular formula is C35H42ClN3O5. The fourth-order valence-corrected chi connectivity index (χ4v) is 8.02. The minimum absolute atomic E-state index is 0.125. The number of rotatable bonds is 12. The zero-order chi connectivity index (χ0) is 31.8. The third kappa shape index (κ3) is 4.97. The molecule has 2 aromatic carbocycles. The van der Waals surface area contributed by atoms with Crippen molar-refractivity contribution < 1.29 is 24.2 Å². The third-order valence-corrected chi connectivity index (χ3v) is 10.2. The van der Waals surface area contributed by atoms with Crippen molar-refractivity contribution in [1.29, 1.82) is 0 Å². The molecule has 1 spiro atoms. The average Bonchev–Trinajstić information content (AvgIpc) is 3.53. The van der Waals surface area contributed by atoms with Gasteiger partial charge in [-0.3, -0.25) is 14.4 Å². The predicted molar refractivity (Wildman–Crippen MR) is 171 cm³/mol. The number of likely N-dealkylation sites (tertiary alicyclic amines) is 1. The Bertz CT molecular complexity index is 1430. The van der Waals surface area contributed by atoms with E-state index in [9.17, 15) is 19.5 Å². The summed E-state index contributed by atoms with van der Waals surface area (Å²) in [5.74, 6) is -2.77. The van der Waals surface area contributed by atoms with Gasteiger partial charge in [-0.2, -0.15) is 0 Å². The largest absolute Gasteiger partial charge is 0.394 e. The van der Waals surface area contributed by atoms with E-state index in [-0.39, 0.29) is 36.8 Å². The molecule has 9 heteroatoms. The monoisotopic (exact) mass is 619 g/mol. The van der Waals surface area contributed by atoms with Gasteiger partial charge in [0.2, 0.25) is 11.8 Å². The van der Waals surface area contributed by atoms with E-state index in [0.717, 1.165) is 5.56 Å². The first kappa shape index (κ1) is 31.9. The number of halogens is 1. The Morgan fingerprint density at radius 2 is 1.77 bits per heavy atom. The standard InChI is InChI=1S/C35H42ClN3O5/c1-6-18-37(21-24-14-10-9-11-15-24)31(41)28-29-32(42)39(25(8-3)22-40)30(35(29)20-23(4)34(28,5)44-35)33(43)38(19-7-2)27-17-13-12-16-26(27)36/h6-7,9-17,23,25,28-30,40H,1-2,8,18-22H2,3-5H3/t23?,25-,28-,29-,30?,34+,35?/m0/s1. The van der Waals surface area contributed by atoms with Gasteiger partial charge in [0.05, 0.1) is 40.8 Å². The lowest BCUT2D eigenvalue weighted by Crippen LogP contribution is -2.59. The Kier molecular flexibility index (Phi) is 9.08. The minimum atomic E-state index is -1.27. The van der Waals surface area contributed by atoms with Crippen molar-refractivity contribution in [1.82, 2.24) is 9.80 Å². The van der Waals surface area contributed by atoms with Gasteiger partial charge in [0, 0.05) is 19.6 Å². The molecule has 7 atom stereocenters. The lowest BCUT2D eigenvalue weighted by molar-refractivity contribution is -0.154. The topological polar surface area (TPSA) is 90.4 Å². The van der Waals surface area contributed by atoms with Crippen LogP contribution in [-0.2, 0) is 25.7 Å². The molecule has 234 valence electrons. The van der Waals surface area contributed by atoms with Crippen molar-refractivity contribution in [3.05, 3.63) is 90.5 Å². The van der Waals surface area contributed by atoms with Crippen molar-refractivity contribution in [2.45, 2.75) is 63.4 Å². The predicted octanol–water partition coefficient (Wildman–Crippen LogP) is 4.86. The van der Waals surface area contributed by atoms with Crippen LogP contribution in [-0.4, -0.2) is 75.6 Å². The number of benzene rings is 2. The number of anilines is 1. The van der Waals surface area contributed by atoms with Crippen LogP contribution in [0.5, 0.6) is 0 Å². The zero-order valence-corrected chi connectivity index (χ0v) is 26.5. The van der Waals surface area contributed by atoms with Gasteiger partial charge < -0.3 is 24.5 Å². The van der Waals surface area contributed by atoms with Crippen LogP contribution in [0.2, 0.25) is 5.02 Å². The molecule has 0 saturated carbocycles. The summed E-state index contributed by atoms with van der Waals surface area (Å²) >= 11 is 6.58. The number of carbonyl (C=O) groups excluding carboxylic acids is 3. The van der Waals surface area contributed by atoms with Gasteiger partial charge in [0.15, 0.2) is 0 Å². The summed E-state index contributed by atoms with van der Waals surface area (Å²) in [5.41, 5.74) is -0.799. The summed E-state index contributed by atoms with van der Waals surface area (Å²) in [7, 11) is 0. The maximum Gasteiger partial charge on any atom is 0.253 e. The SMILES string of the molecule is C=CCN(Cc1ccccc1)C(=O)[C@@H]1[C@H]2C(=O)N([C@@H](CC)CO)C(C(=O)N(CC=C)c3ccccc3Cl)C23CC(C)[C@@]1(C)O3. The number of amides is 3. The van der Waals surface area contributed by atoms with E-state index < -0.39 is 35.1 Å². The van der Waals surface area contributed by atoms with Gasteiger partial charge >= 0.3 is 0 Å². The fourth-order valence-electron chi connectivity index (χ4n) is 7.78. The van der Waals surface area contributed by atoms with Crippen molar-refractivity contribution >= 4 is 35.0 Å². The Morgan fingerprint density at radius 3 is 2.39 bits per heavy atom. The van der Waals surface area contributed by atoms with E-state index in [1.165, 1.54) is 9.80 Å². The van der Waals surface area contributed by atoms with Crippen LogP contribution in [0.3, 0.4) is 0 Å². The molecule has 3 aliphatic rings. The van der Waals surface area contributed by atoms with Crippen LogP contribution in [0.25, 0.3) is 0 Å². The summed E-state index contributed by atoms with van der Waals surface area (Å²) in [6, 6.07) is 15.0. The van der Waals surface area contributed by atoms with Crippen LogP contribution in [0.15, 0.2) is 79.9 Å². The van der Waals surface area contributed by atoms with Crippen LogP contribution in [0, 0.1) is 17.8 Å². The second-order valence-electron chi connectivity index (χ2n) is 12.4. The van der Waals surface area contributed by atoms with Gasteiger partial charge in [-0.25, -0.2) is 0 Å². The molecule has 3 fully saturated rings.